The Morgan fingerprint density at radius 2 is 1.44 bits per heavy atom. The van der Waals surface area contributed by atoms with E-state index in [1.54, 1.807) is 5.19 Å². The van der Waals surface area contributed by atoms with Crippen molar-refractivity contribution in [1.29, 1.82) is 0 Å². The molecule has 1 aliphatic heterocycles. The quantitative estimate of drug-likeness (QED) is 0.224. The zero-order valence-corrected chi connectivity index (χ0v) is 19.7. The van der Waals surface area contributed by atoms with Gasteiger partial charge in [0.15, 0.2) is 0 Å². The fourth-order valence-electron chi connectivity index (χ4n) is 5.74. The van der Waals surface area contributed by atoms with Crippen molar-refractivity contribution in [3.63, 3.8) is 0 Å². The third-order valence-corrected chi connectivity index (χ3v) is 13.7. The van der Waals surface area contributed by atoms with Crippen LogP contribution in [0, 0.1) is 11.8 Å². The summed E-state index contributed by atoms with van der Waals surface area (Å²) in [5.41, 5.74) is 0. The van der Waals surface area contributed by atoms with Crippen LogP contribution >= 0.6 is 23.2 Å². The molecular formula is C24H38Cl2Si. The molecule has 0 radical (unpaired) electrons. The van der Waals surface area contributed by atoms with Crippen molar-refractivity contribution in [3.8, 4) is 0 Å². The van der Waals surface area contributed by atoms with Gasteiger partial charge in [-0.1, -0.05) is 106 Å². The summed E-state index contributed by atoms with van der Waals surface area (Å²) in [4.78, 5) is 0. The Morgan fingerprint density at radius 3 is 2.07 bits per heavy atom. The van der Waals surface area contributed by atoms with Gasteiger partial charge in [0.25, 0.3) is 0 Å². The normalized spacial score (nSPS) is 28.9. The van der Waals surface area contributed by atoms with Gasteiger partial charge in [-0.2, -0.15) is 0 Å². The van der Waals surface area contributed by atoms with Crippen LogP contribution in [0.25, 0.3) is 0 Å². The molecule has 152 valence electrons. The lowest BCUT2D eigenvalue weighted by atomic mass is 9.77. The monoisotopic (exact) mass is 424 g/mol. The summed E-state index contributed by atoms with van der Waals surface area (Å²) in [5, 5.41) is 1.74. The van der Waals surface area contributed by atoms with E-state index in [1.807, 2.05) is 0 Å². The molecule has 0 atom stereocenters. The second-order valence-corrected chi connectivity index (χ2v) is 15.6. The zero-order chi connectivity index (χ0) is 19.2. The van der Waals surface area contributed by atoms with Crippen LogP contribution in [0.3, 0.4) is 0 Å². The Morgan fingerprint density at radius 1 is 0.852 bits per heavy atom. The van der Waals surface area contributed by atoms with Crippen LogP contribution in [0.4, 0.5) is 0 Å². The highest BCUT2D eigenvalue weighted by atomic mass is 35.5. The molecule has 1 heterocycles. The number of benzene rings is 1. The van der Waals surface area contributed by atoms with Crippen LogP contribution in [0.5, 0.6) is 0 Å². The Labute approximate surface area is 178 Å². The summed E-state index contributed by atoms with van der Waals surface area (Å²) in [5.74, 6) is 1.81. The third kappa shape index (κ3) is 6.00. The molecule has 1 aliphatic carbocycles. The first-order chi connectivity index (χ1) is 13.0. The fourth-order valence-corrected chi connectivity index (χ4v) is 11.5. The number of alkyl halides is 2. The number of unbranched alkanes of at least 4 members (excludes halogenated alkanes) is 4. The molecule has 2 aliphatic rings. The molecule has 0 nitrogen and oxygen atoms in total. The van der Waals surface area contributed by atoms with Crippen molar-refractivity contribution >= 4 is 36.5 Å². The number of halogens is 2. The third-order valence-electron chi connectivity index (χ3n) is 7.56. The van der Waals surface area contributed by atoms with Crippen LogP contribution in [-0.2, 0) is 0 Å². The van der Waals surface area contributed by atoms with E-state index in [-0.39, 0.29) is 0 Å². The van der Waals surface area contributed by atoms with Gasteiger partial charge in [-0.3, -0.25) is 0 Å². The summed E-state index contributed by atoms with van der Waals surface area (Å²) in [6, 6.07) is 16.2. The first-order valence-corrected chi connectivity index (χ1v) is 14.9. The molecule has 0 spiro atoms. The number of hydrogen-bond acceptors (Lipinski definition) is 0. The van der Waals surface area contributed by atoms with E-state index in [9.17, 15) is 0 Å². The van der Waals surface area contributed by atoms with Crippen molar-refractivity contribution in [1.82, 2.24) is 0 Å². The SMILES string of the molecule is CCCCCCC[Si]1(c2ccccc2)CCC(C2CCC(Cl)(Cl)CC2)CC1. The van der Waals surface area contributed by atoms with E-state index in [2.05, 4.69) is 37.3 Å². The van der Waals surface area contributed by atoms with Gasteiger partial charge < -0.3 is 0 Å². The van der Waals surface area contributed by atoms with Gasteiger partial charge in [-0.25, -0.2) is 0 Å². The first kappa shape index (κ1) is 21.7. The Hall–Kier alpha value is 0.0169. The first-order valence-electron chi connectivity index (χ1n) is 11.5. The molecule has 3 heteroatoms. The lowest BCUT2D eigenvalue weighted by Crippen LogP contribution is -2.50. The van der Waals surface area contributed by atoms with Crippen LogP contribution in [-0.4, -0.2) is 12.4 Å². The smallest absolute Gasteiger partial charge is 0.102 e. The van der Waals surface area contributed by atoms with Crippen LogP contribution in [0.2, 0.25) is 18.1 Å². The molecule has 1 aromatic carbocycles. The van der Waals surface area contributed by atoms with Gasteiger partial charge in [-0.15, -0.1) is 23.2 Å². The molecule has 0 bridgehead atoms. The second kappa shape index (κ2) is 10.2. The van der Waals surface area contributed by atoms with Gasteiger partial charge in [-0.05, 0) is 37.5 Å². The molecule has 0 amide bonds. The lowest BCUT2D eigenvalue weighted by Gasteiger charge is -2.43. The van der Waals surface area contributed by atoms with E-state index >= 15 is 0 Å². The summed E-state index contributed by atoms with van der Waals surface area (Å²) < 4.78 is -0.438. The predicted molar refractivity (Wildman–Crippen MR) is 124 cm³/mol. The summed E-state index contributed by atoms with van der Waals surface area (Å²) in [6.07, 6.45) is 14.5. The van der Waals surface area contributed by atoms with Crippen molar-refractivity contribution in [2.75, 3.05) is 0 Å². The molecule has 0 N–H and O–H groups in total. The van der Waals surface area contributed by atoms with Crippen molar-refractivity contribution in [3.05, 3.63) is 30.3 Å². The molecular weight excluding hydrogens is 387 g/mol. The maximum Gasteiger partial charge on any atom is 0.118 e. The van der Waals surface area contributed by atoms with Crippen molar-refractivity contribution in [2.45, 2.75) is 100 Å². The highest BCUT2D eigenvalue weighted by Crippen LogP contribution is 2.47. The van der Waals surface area contributed by atoms with Gasteiger partial charge in [0.05, 0.1) is 8.07 Å². The average molecular weight is 426 g/mol. The minimum atomic E-state index is -1.30. The summed E-state index contributed by atoms with van der Waals surface area (Å²) >= 11 is 12.7. The lowest BCUT2D eigenvalue weighted by molar-refractivity contribution is 0.223. The van der Waals surface area contributed by atoms with Crippen LogP contribution in [0.15, 0.2) is 30.3 Å². The minimum Gasteiger partial charge on any atom is -0.102 e. The summed E-state index contributed by atoms with van der Waals surface area (Å²) in [7, 11) is -1.30. The van der Waals surface area contributed by atoms with Gasteiger partial charge >= 0.3 is 0 Å². The maximum absolute atomic E-state index is 6.37. The fraction of sp³-hybridized carbons (Fsp3) is 0.750. The Bertz CT molecular complexity index is 539. The molecule has 0 aromatic heterocycles. The topological polar surface area (TPSA) is 0 Å². The van der Waals surface area contributed by atoms with E-state index in [1.165, 1.54) is 75.9 Å². The number of rotatable bonds is 8. The van der Waals surface area contributed by atoms with Gasteiger partial charge in [0.2, 0.25) is 0 Å². The predicted octanol–water partition coefficient (Wildman–Crippen LogP) is 8.09. The second-order valence-electron chi connectivity index (χ2n) is 9.34. The zero-order valence-electron chi connectivity index (χ0n) is 17.2. The van der Waals surface area contributed by atoms with E-state index in [0.717, 1.165) is 24.7 Å². The van der Waals surface area contributed by atoms with E-state index < -0.39 is 12.4 Å². The van der Waals surface area contributed by atoms with Crippen molar-refractivity contribution in [2.24, 2.45) is 11.8 Å². The maximum atomic E-state index is 6.37. The molecule has 1 saturated carbocycles. The van der Waals surface area contributed by atoms with Crippen LogP contribution in [0.1, 0.15) is 77.6 Å². The molecule has 3 rings (SSSR count). The average Bonchev–Trinajstić information content (AvgIpc) is 2.69. The standard InChI is InChI=1S/C24H38Cl2Si/c1-2-3-4-5-9-18-27(23-10-7-6-8-11-23)19-14-22(15-20-27)21-12-16-24(25,26)17-13-21/h6-8,10-11,21-22H,2-5,9,12-20H2,1H3. The van der Waals surface area contributed by atoms with Crippen molar-refractivity contribution < 1.29 is 0 Å². The molecule has 1 saturated heterocycles. The Kier molecular flexibility index (Phi) is 8.18. The molecule has 0 unspecified atom stereocenters. The Balaban J connectivity index is 1.59. The number of hydrogen-bond donors (Lipinski definition) is 0. The van der Waals surface area contributed by atoms with Gasteiger partial charge in [0.1, 0.15) is 4.33 Å². The van der Waals surface area contributed by atoms with Crippen LogP contribution < -0.4 is 5.19 Å². The van der Waals surface area contributed by atoms with Gasteiger partial charge in [0, 0.05) is 0 Å². The highest BCUT2D eigenvalue weighted by molar-refractivity contribution is 6.92. The van der Waals surface area contributed by atoms with E-state index in [4.69, 9.17) is 23.2 Å². The van der Waals surface area contributed by atoms with E-state index in [0.29, 0.717) is 0 Å². The molecule has 27 heavy (non-hydrogen) atoms. The summed E-state index contributed by atoms with van der Waals surface area (Å²) in [6.45, 7) is 2.31. The molecule has 2 fully saturated rings. The largest absolute Gasteiger partial charge is 0.118 e. The molecule has 1 aromatic rings. The minimum absolute atomic E-state index is 0.438. The highest BCUT2D eigenvalue weighted by Gasteiger charge is 2.42.